The number of rotatable bonds is 4. The van der Waals surface area contributed by atoms with E-state index in [2.05, 4.69) is 20.6 Å². The summed E-state index contributed by atoms with van der Waals surface area (Å²) in [5, 5.41) is 13.5. The number of carboxylic acid groups (broad SMARTS) is 1. The number of aliphatic carboxylic acids is 1. The van der Waals surface area contributed by atoms with E-state index in [-0.39, 0.29) is 0 Å². The third-order valence-corrected chi connectivity index (χ3v) is 1.83. The molecule has 1 heterocycles. The molecule has 7 heteroatoms. The van der Waals surface area contributed by atoms with Crippen LogP contribution in [-0.2, 0) is 4.79 Å². The summed E-state index contributed by atoms with van der Waals surface area (Å²) in [5.74, 6) is -1.07. The fraction of sp³-hybridized carbons (Fsp3) is 0.333. The zero-order chi connectivity index (χ0) is 12.0. The molecule has 0 unspecified atom stereocenters. The normalized spacial score (nSPS) is 11.6. The summed E-state index contributed by atoms with van der Waals surface area (Å²) < 4.78 is 0. The molecule has 1 atom stereocenters. The zero-order valence-corrected chi connectivity index (χ0v) is 8.67. The van der Waals surface area contributed by atoms with Crippen molar-refractivity contribution >= 4 is 17.7 Å². The molecule has 16 heavy (non-hydrogen) atoms. The maximum atomic E-state index is 11.3. The van der Waals surface area contributed by atoms with Crippen molar-refractivity contribution in [3.05, 3.63) is 18.7 Å². The second-order valence-corrected chi connectivity index (χ2v) is 3.02. The molecule has 0 aromatic carbocycles. The fourth-order valence-corrected chi connectivity index (χ4v) is 1.03. The molecule has 2 amide bonds. The van der Waals surface area contributed by atoms with Crippen LogP contribution < -0.4 is 10.6 Å². The van der Waals surface area contributed by atoms with Gasteiger partial charge in [-0.05, 0) is 6.42 Å². The van der Waals surface area contributed by atoms with E-state index in [1.54, 1.807) is 6.92 Å². The van der Waals surface area contributed by atoms with E-state index in [4.69, 9.17) is 5.11 Å². The highest BCUT2D eigenvalue weighted by atomic mass is 16.4. The molecule has 1 rings (SSSR count). The lowest BCUT2D eigenvalue weighted by molar-refractivity contribution is -0.139. The second-order valence-electron chi connectivity index (χ2n) is 3.02. The number of carbonyl (C=O) groups excluding carboxylic acids is 1. The van der Waals surface area contributed by atoms with Crippen molar-refractivity contribution in [2.75, 3.05) is 5.32 Å². The van der Waals surface area contributed by atoms with Crippen molar-refractivity contribution in [3.63, 3.8) is 0 Å². The Morgan fingerprint density at radius 3 is 2.56 bits per heavy atom. The van der Waals surface area contributed by atoms with Gasteiger partial charge in [-0.3, -0.25) is 0 Å². The number of hydrogen-bond acceptors (Lipinski definition) is 4. The maximum Gasteiger partial charge on any atom is 0.326 e. The maximum absolute atomic E-state index is 11.3. The van der Waals surface area contributed by atoms with E-state index >= 15 is 0 Å². The van der Waals surface area contributed by atoms with Gasteiger partial charge in [-0.25, -0.2) is 19.6 Å². The van der Waals surface area contributed by atoms with E-state index in [0.717, 1.165) is 0 Å². The molecule has 1 aromatic rings. The summed E-state index contributed by atoms with van der Waals surface area (Å²) in [7, 11) is 0. The van der Waals surface area contributed by atoms with Gasteiger partial charge in [0.25, 0.3) is 0 Å². The summed E-state index contributed by atoms with van der Waals surface area (Å²) in [5.41, 5.74) is 0.403. The van der Waals surface area contributed by atoms with Crippen LogP contribution in [0.1, 0.15) is 13.3 Å². The fourth-order valence-electron chi connectivity index (χ4n) is 1.03. The van der Waals surface area contributed by atoms with Crippen molar-refractivity contribution in [3.8, 4) is 0 Å². The SMILES string of the molecule is CC[C@H](NC(=O)Nc1cncnc1)C(=O)O. The van der Waals surface area contributed by atoms with E-state index in [9.17, 15) is 9.59 Å². The number of carboxylic acids is 1. The molecule has 0 bridgehead atoms. The minimum absolute atomic E-state index is 0.314. The smallest absolute Gasteiger partial charge is 0.326 e. The Kier molecular flexibility index (Phi) is 4.19. The van der Waals surface area contributed by atoms with Gasteiger partial charge in [0.2, 0.25) is 0 Å². The van der Waals surface area contributed by atoms with Gasteiger partial charge in [0.15, 0.2) is 0 Å². The lowest BCUT2D eigenvalue weighted by Gasteiger charge is -2.12. The monoisotopic (exact) mass is 224 g/mol. The number of carbonyl (C=O) groups is 2. The first-order valence-electron chi connectivity index (χ1n) is 4.68. The number of urea groups is 1. The van der Waals surface area contributed by atoms with Crippen molar-refractivity contribution in [2.45, 2.75) is 19.4 Å². The van der Waals surface area contributed by atoms with Crippen LogP contribution in [0.25, 0.3) is 0 Å². The first-order valence-corrected chi connectivity index (χ1v) is 4.68. The van der Waals surface area contributed by atoms with E-state index in [0.29, 0.717) is 12.1 Å². The highest BCUT2D eigenvalue weighted by molar-refractivity contribution is 5.91. The van der Waals surface area contributed by atoms with Gasteiger partial charge in [-0.15, -0.1) is 0 Å². The predicted molar refractivity (Wildman–Crippen MR) is 55.9 cm³/mol. The van der Waals surface area contributed by atoms with Gasteiger partial charge >= 0.3 is 12.0 Å². The number of nitrogens with one attached hydrogen (secondary N) is 2. The van der Waals surface area contributed by atoms with Gasteiger partial charge in [0.05, 0.1) is 18.1 Å². The predicted octanol–water partition coefficient (Wildman–Crippen LogP) is 0.461. The molecule has 0 radical (unpaired) electrons. The number of hydrogen-bond donors (Lipinski definition) is 3. The van der Waals surface area contributed by atoms with Gasteiger partial charge in [-0.1, -0.05) is 6.92 Å². The standard InChI is InChI=1S/C9H12N4O3/c1-2-7(8(14)15)13-9(16)12-6-3-10-5-11-4-6/h3-5,7H,2H2,1H3,(H,14,15)(H2,12,13,16)/t7-/m0/s1. The van der Waals surface area contributed by atoms with Crippen LogP contribution in [0.2, 0.25) is 0 Å². The van der Waals surface area contributed by atoms with Crippen LogP contribution in [-0.4, -0.2) is 33.1 Å². The zero-order valence-electron chi connectivity index (χ0n) is 8.67. The van der Waals surface area contributed by atoms with Crippen LogP contribution >= 0.6 is 0 Å². The molecule has 7 nitrogen and oxygen atoms in total. The Morgan fingerprint density at radius 2 is 2.06 bits per heavy atom. The number of aromatic nitrogens is 2. The molecule has 0 aliphatic heterocycles. The lowest BCUT2D eigenvalue weighted by Crippen LogP contribution is -2.42. The van der Waals surface area contributed by atoms with Crippen LogP contribution in [0.15, 0.2) is 18.7 Å². The third kappa shape index (κ3) is 3.52. The van der Waals surface area contributed by atoms with Crippen LogP contribution in [0.4, 0.5) is 10.5 Å². The molecule has 0 fully saturated rings. The quantitative estimate of drug-likeness (QED) is 0.689. The molecule has 86 valence electrons. The molecular weight excluding hydrogens is 212 g/mol. The highest BCUT2D eigenvalue weighted by Gasteiger charge is 2.17. The van der Waals surface area contributed by atoms with Crippen molar-refractivity contribution < 1.29 is 14.7 Å². The van der Waals surface area contributed by atoms with Crippen LogP contribution in [0.5, 0.6) is 0 Å². The Labute approximate surface area is 91.9 Å². The van der Waals surface area contributed by atoms with E-state index in [1.807, 2.05) is 0 Å². The number of amides is 2. The summed E-state index contributed by atoms with van der Waals surface area (Å²) in [4.78, 5) is 29.4. The molecule has 0 saturated heterocycles. The molecule has 3 N–H and O–H groups in total. The Bertz CT molecular complexity index is 368. The number of anilines is 1. The third-order valence-electron chi connectivity index (χ3n) is 1.83. The van der Waals surface area contributed by atoms with E-state index < -0.39 is 18.0 Å². The van der Waals surface area contributed by atoms with Gasteiger partial charge in [0, 0.05) is 0 Å². The van der Waals surface area contributed by atoms with Gasteiger partial charge in [-0.2, -0.15) is 0 Å². The minimum atomic E-state index is -1.07. The summed E-state index contributed by atoms with van der Waals surface area (Å²) in [6.07, 6.45) is 4.46. The van der Waals surface area contributed by atoms with Crippen LogP contribution in [0.3, 0.4) is 0 Å². The number of nitrogens with zero attached hydrogens (tertiary/aromatic N) is 2. The van der Waals surface area contributed by atoms with Crippen LogP contribution in [0, 0.1) is 0 Å². The van der Waals surface area contributed by atoms with E-state index in [1.165, 1.54) is 18.7 Å². The van der Waals surface area contributed by atoms with Gasteiger partial charge < -0.3 is 15.7 Å². The first kappa shape index (κ1) is 11.9. The Morgan fingerprint density at radius 1 is 1.44 bits per heavy atom. The summed E-state index contributed by atoms with van der Waals surface area (Å²) >= 11 is 0. The molecule has 0 saturated carbocycles. The molecule has 1 aromatic heterocycles. The molecule has 0 aliphatic carbocycles. The van der Waals surface area contributed by atoms with Crippen molar-refractivity contribution in [2.24, 2.45) is 0 Å². The average Bonchev–Trinajstić information content (AvgIpc) is 2.27. The first-order chi connectivity index (χ1) is 7.63. The minimum Gasteiger partial charge on any atom is -0.480 e. The second kappa shape index (κ2) is 5.64. The molecule has 0 spiro atoms. The molecule has 0 aliphatic rings. The average molecular weight is 224 g/mol. The van der Waals surface area contributed by atoms with Crippen molar-refractivity contribution in [1.29, 1.82) is 0 Å². The summed E-state index contributed by atoms with van der Waals surface area (Å²) in [6.45, 7) is 1.67. The largest absolute Gasteiger partial charge is 0.480 e. The van der Waals surface area contributed by atoms with Crippen molar-refractivity contribution in [1.82, 2.24) is 15.3 Å². The van der Waals surface area contributed by atoms with Gasteiger partial charge in [0.1, 0.15) is 12.4 Å². The highest BCUT2D eigenvalue weighted by Crippen LogP contribution is 2.00. The summed E-state index contributed by atoms with van der Waals surface area (Å²) in [6, 6.07) is -1.49. The molecular formula is C9H12N4O3. The topological polar surface area (TPSA) is 104 Å². The Hall–Kier alpha value is -2.18. The lowest BCUT2D eigenvalue weighted by atomic mass is 10.2. The Balaban J connectivity index is 2.50.